The van der Waals surface area contributed by atoms with E-state index in [4.69, 9.17) is 5.11 Å². The highest BCUT2D eigenvalue weighted by Gasteiger charge is 2.33. The molecule has 2 amide bonds. The molecule has 2 N–H and O–H groups in total. The van der Waals surface area contributed by atoms with Gasteiger partial charge in [-0.25, -0.2) is 9.59 Å². The molecule has 0 aromatic carbocycles. The molecule has 5 nitrogen and oxygen atoms in total. The molecule has 3 atom stereocenters. The number of carboxylic acids is 1. The Kier molecular flexibility index (Phi) is 3.55. The van der Waals surface area contributed by atoms with Gasteiger partial charge in [0.05, 0.1) is 0 Å². The van der Waals surface area contributed by atoms with Gasteiger partial charge < -0.3 is 15.3 Å². The van der Waals surface area contributed by atoms with Crippen LogP contribution in [-0.4, -0.2) is 41.6 Å². The molecule has 0 aliphatic heterocycles. The number of aliphatic carboxylic acids is 1. The second-order valence-electron chi connectivity index (χ2n) is 4.28. The van der Waals surface area contributed by atoms with E-state index in [0.717, 1.165) is 6.42 Å². The summed E-state index contributed by atoms with van der Waals surface area (Å²) in [5, 5.41) is 11.4. The van der Waals surface area contributed by atoms with Gasteiger partial charge >= 0.3 is 12.0 Å². The van der Waals surface area contributed by atoms with Gasteiger partial charge in [-0.1, -0.05) is 6.92 Å². The summed E-state index contributed by atoms with van der Waals surface area (Å²) in [6.07, 6.45) is 1.15. The van der Waals surface area contributed by atoms with E-state index in [1.54, 1.807) is 0 Å². The van der Waals surface area contributed by atoms with E-state index in [9.17, 15) is 9.59 Å². The lowest BCUT2D eigenvalue weighted by Gasteiger charge is -2.21. The zero-order chi connectivity index (χ0) is 11.6. The van der Waals surface area contributed by atoms with Gasteiger partial charge in [0.15, 0.2) is 0 Å². The number of amides is 2. The van der Waals surface area contributed by atoms with Crippen LogP contribution < -0.4 is 5.32 Å². The zero-order valence-electron chi connectivity index (χ0n) is 9.36. The second kappa shape index (κ2) is 4.51. The number of hydrogen-bond donors (Lipinski definition) is 2. The molecule has 0 aromatic rings. The average molecular weight is 214 g/mol. The van der Waals surface area contributed by atoms with Gasteiger partial charge in [0.2, 0.25) is 0 Å². The summed E-state index contributed by atoms with van der Waals surface area (Å²) in [5.41, 5.74) is 0. The van der Waals surface area contributed by atoms with Crippen LogP contribution in [-0.2, 0) is 4.79 Å². The van der Waals surface area contributed by atoms with E-state index in [1.165, 1.54) is 18.9 Å². The van der Waals surface area contributed by atoms with Crippen molar-refractivity contribution < 1.29 is 14.7 Å². The van der Waals surface area contributed by atoms with Crippen molar-refractivity contribution in [2.45, 2.75) is 26.3 Å². The SMILES string of the molecule is CC1CC1CNC(=O)N(C)C(C)C(=O)O. The largest absolute Gasteiger partial charge is 0.480 e. The lowest BCUT2D eigenvalue weighted by atomic mass is 10.3. The van der Waals surface area contributed by atoms with Crippen molar-refractivity contribution in [3.63, 3.8) is 0 Å². The normalized spacial score (nSPS) is 25.5. The summed E-state index contributed by atoms with van der Waals surface area (Å²) < 4.78 is 0. The Morgan fingerprint density at radius 1 is 1.60 bits per heavy atom. The lowest BCUT2D eigenvalue weighted by Crippen LogP contribution is -2.46. The molecule has 0 heterocycles. The lowest BCUT2D eigenvalue weighted by molar-refractivity contribution is -0.141. The maximum Gasteiger partial charge on any atom is 0.326 e. The number of nitrogens with one attached hydrogen (secondary N) is 1. The molecule has 1 aliphatic carbocycles. The molecule has 15 heavy (non-hydrogen) atoms. The molecule has 1 aliphatic rings. The van der Waals surface area contributed by atoms with Crippen molar-refractivity contribution in [3.8, 4) is 0 Å². The highest BCUT2D eigenvalue weighted by molar-refractivity contribution is 5.82. The first-order chi connectivity index (χ1) is 6.93. The van der Waals surface area contributed by atoms with Crippen molar-refractivity contribution >= 4 is 12.0 Å². The summed E-state index contributed by atoms with van der Waals surface area (Å²) in [5.74, 6) is 0.266. The van der Waals surface area contributed by atoms with Crippen LogP contribution in [0.15, 0.2) is 0 Å². The molecule has 1 saturated carbocycles. The molecule has 1 rings (SSSR count). The minimum absolute atomic E-state index is 0.316. The third-order valence-corrected chi connectivity index (χ3v) is 3.05. The molecular formula is C10H18N2O3. The number of carboxylic acid groups (broad SMARTS) is 1. The van der Waals surface area contributed by atoms with Gasteiger partial charge in [-0.3, -0.25) is 0 Å². The Labute approximate surface area is 89.4 Å². The molecule has 3 unspecified atom stereocenters. The van der Waals surface area contributed by atoms with Crippen molar-refractivity contribution in [2.75, 3.05) is 13.6 Å². The van der Waals surface area contributed by atoms with Crippen LogP contribution in [0, 0.1) is 11.8 Å². The molecule has 5 heteroatoms. The Morgan fingerprint density at radius 2 is 2.13 bits per heavy atom. The molecule has 0 bridgehead atoms. The minimum atomic E-state index is -0.993. The third kappa shape index (κ3) is 3.11. The number of carbonyl (C=O) groups excluding carboxylic acids is 1. The van der Waals surface area contributed by atoms with Gasteiger partial charge in [0, 0.05) is 13.6 Å². The van der Waals surface area contributed by atoms with Crippen molar-refractivity contribution in [1.29, 1.82) is 0 Å². The molecule has 86 valence electrons. The van der Waals surface area contributed by atoms with Crippen molar-refractivity contribution in [1.82, 2.24) is 10.2 Å². The van der Waals surface area contributed by atoms with Gasteiger partial charge in [-0.05, 0) is 25.2 Å². The first-order valence-electron chi connectivity index (χ1n) is 5.17. The maximum atomic E-state index is 11.5. The van der Waals surface area contributed by atoms with Crippen LogP contribution in [0.2, 0.25) is 0 Å². The number of hydrogen-bond acceptors (Lipinski definition) is 2. The Morgan fingerprint density at radius 3 is 2.53 bits per heavy atom. The van der Waals surface area contributed by atoms with Crippen molar-refractivity contribution in [2.24, 2.45) is 11.8 Å². The van der Waals surface area contributed by atoms with Crippen molar-refractivity contribution in [3.05, 3.63) is 0 Å². The summed E-state index contributed by atoms with van der Waals surface area (Å²) >= 11 is 0. The van der Waals surface area contributed by atoms with Crippen LogP contribution in [0.25, 0.3) is 0 Å². The predicted octanol–water partition coefficient (Wildman–Crippen LogP) is 0.757. The molecule has 1 fully saturated rings. The fourth-order valence-electron chi connectivity index (χ4n) is 1.37. The van der Waals surface area contributed by atoms with E-state index >= 15 is 0 Å². The first-order valence-corrected chi connectivity index (χ1v) is 5.17. The van der Waals surface area contributed by atoms with Gasteiger partial charge in [0.25, 0.3) is 0 Å². The highest BCUT2D eigenvalue weighted by atomic mass is 16.4. The predicted molar refractivity (Wildman–Crippen MR) is 55.5 cm³/mol. The third-order valence-electron chi connectivity index (χ3n) is 3.05. The number of carbonyl (C=O) groups is 2. The van der Waals surface area contributed by atoms with Gasteiger partial charge in [0.1, 0.15) is 6.04 Å². The molecular weight excluding hydrogens is 196 g/mol. The van der Waals surface area contributed by atoms with E-state index in [-0.39, 0.29) is 6.03 Å². The Balaban J connectivity index is 2.29. The van der Waals surface area contributed by atoms with Gasteiger partial charge in [-0.15, -0.1) is 0 Å². The summed E-state index contributed by atoms with van der Waals surface area (Å²) in [6.45, 7) is 4.28. The minimum Gasteiger partial charge on any atom is -0.480 e. The number of urea groups is 1. The number of nitrogens with zero attached hydrogens (tertiary/aromatic N) is 1. The topological polar surface area (TPSA) is 69.6 Å². The summed E-state index contributed by atoms with van der Waals surface area (Å²) in [4.78, 5) is 23.3. The van der Waals surface area contributed by atoms with E-state index < -0.39 is 12.0 Å². The van der Waals surface area contributed by atoms with Crippen LogP contribution in [0.1, 0.15) is 20.3 Å². The Hall–Kier alpha value is -1.26. The number of likely N-dealkylation sites (N-methyl/N-ethyl adjacent to an activating group) is 1. The van der Waals surface area contributed by atoms with Crippen LogP contribution in [0.4, 0.5) is 4.79 Å². The molecule has 0 aromatic heterocycles. The molecule has 0 saturated heterocycles. The van der Waals surface area contributed by atoms with E-state index in [2.05, 4.69) is 12.2 Å². The quantitative estimate of drug-likeness (QED) is 0.725. The fraction of sp³-hybridized carbons (Fsp3) is 0.800. The van der Waals surface area contributed by atoms with E-state index in [1.807, 2.05) is 0 Å². The van der Waals surface area contributed by atoms with Gasteiger partial charge in [-0.2, -0.15) is 0 Å². The highest BCUT2D eigenvalue weighted by Crippen LogP contribution is 2.36. The Bertz CT molecular complexity index is 267. The molecule has 0 spiro atoms. The summed E-state index contributed by atoms with van der Waals surface area (Å²) in [7, 11) is 1.49. The summed E-state index contributed by atoms with van der Waals surface area (Å²) in [6, 6.07) is -1.11. The van der Waals surface area contributed by atoms with E-state index in [0.29, 0.717) is 18.4 Å². The fourth-order valence-corrected chi connectivity index (χ4v) is 1.37. The zero-order valence-corrected chi connectivity index (χ0v) is 9.36. The standard InChI is InChI=1S/C10H18N2O3/c1-6-4-8(6)5-11-10(15)12(3)7(2)9(13)14/h6-8H,4-5H2,1-3H3,(H,11,15)(H,13,14). The smallest absolute Gasteiger partial charge is 0.326 e. The van der Waals surface area contributed by atoms with Crippen LogP contribution >= 0.6 is 0 Å². The first kappa shape index (κ1) is 11.8. The van der Waals surface area contributed by atoms with Crippen LogP contribution in [0.5, 0.6) is 0 Å². The average Bonchev–Trinajstić information content (AvgIpc) is 2.88. The monoisotopic (exact) mass is 214 g/mol. The second-order valence-corrected chi connectivity index (χ2v) is 4.28. The maximum absolute atomic E-state index is 11.5. The van der Waals surface area contributed by atoms with Crippen LogP contribution in [0.3, 0.4) is 0 Å². The number of rotatable bonds is 4. The molecule has 0 radical (unpaired) electrons.